The van der Waals surface area contributed by atoms with E-state index in [1.165, 1.54) is 11.3 Å². The Bertz CT molecular complexity index is 1080. The summed E-state index contributed by atoms with van der Waals surface area (Å²) in [6.45, 7) is 1.95. The van der Waals surface area contributed by atoms with Crippen molar-refractivity contribution in [3.05, 3.63) is 79.8 Å². The molecule has 0 bridgehead atoms. The van der Waals surface area contributed by atoms with E-state index in [2.05, 4.69) is 4.99 Å². The topological polar surface area (TPSA) is 117 Å². The average molecular weight is 401 g/mol. The van der Waals surface area contributed by atoms with Gasteiger partial charge in [-0.1, -0.05) is 29.8 Å². The van der Waals surface area contributed by atoms with Gasteiger partial charge in [-0.05, 0) is 18.6 Å². The molecule has 2 heterocycles. The molecule has 0 spiro atoms. The van der Waals surface area contributed by atoms with Crippen molar-refractivity contribution in [1.82, 2.24) is 4.57 Å². The number of ether oxygens (including phenoxy) is 1. The zero-order valence-electron chi connectivity index (χ0n) is 14.7. The Kier molecular flexibility index (Phi) is 5.80. The number of carbonyl (C=O) groups is 2. The third-order valence-electron chi connectivity index (χ3n) is 3.65. The summed E-state index contributed by atoms with van der Waals surface area (Å²) in [5, 5.41) is 12.3. The van der Waals surface area contributed by atoms with Crippen LogP contribution in [0.15, 0.2) is 57.4 Å². The number of amides is 1. The number of rotatable bonds is 6. The standard InChI is InChI=1S/C18H15N3O6S/c1-12-2-4-13(5-3-12)10-20-8-9-28-18(20)19-15(22)11-26-17(23)14-6-7-16(27-14)21(24)25/h2-9H,10-11H2,1H3. The SMILES string of the molecule is Cc1ccc(Cn2ccsc2=NC(=O)COC(=O)c2ccc([N+](=O)[O-])o2)cc1. The van der Waals surface area contributed by atoms with Gasteiger partial charge >= 0.3 is 11.9 Å². The van der Waals surface area contributed by atoms with Crippen molar-refractivity contribution in [2.45, 2.75) is 13.5 Å². The van der Waals surface area contributed by atoms with Gasteiger partial charge < -0.3 is 13.7 Å². The molecule has 0 aliphatic carbocycles. The van der Waals surface area contributed by atoms with E-state index < -0.39 is 29.3 Å². The Hall–Kier alpha value is -3.53. The molecule has 144 valence electrons. The summed E-state index contributed by atoms with van der Waals surface area (Å²) >= 11 is 1.28. The molecule has 0 fully saturated rings. The molecule has 0 unspecified atom stereocenters. The number of nitrogens with zero attached hydrogens (tertiary/aromatic N) is 3. The predicted octanol–water partition coefficient (Wildman–Crippen LogP) is 2.69. The number of nitro groups is 1. The van der Waals surface area contributed by atoms with Crippen molar-refractivity contribution in [3.8, 4) is 0 Å². The second-order valence-electron chi connectivity index (χ2n) is 5.78. The van der Waals surface area contributed by atoms with Crippen LogP contribution in [0.3, 0.4) is 0 Å². The molecule has 3 aromatic rings. The quantitative estimate of drug-likeness (QED) is 0.356. The zero-order valence-corrected chi connectivity index (χ0v) is 15.5. The normalized spacial score (nSPS) is 11.4. The minimum atomic E-state index is -0.977. The van der Waals surface area contributed by atoms with E-state index in [-0.39, 0.29) is 5.76 Å². The van der Waals surface area contributed by atoms with Crippen molar-refractivity contribution in [1.29, 1.82) is 0 Å². The van der Waals surface area contributed by atoms with Gasteiger partial charge in [-0.2, -0.15) is 4.99 Å². The van der Waals surface area contributed by atoms with E-state index in [1.807, 2.05) is 42.0 Å². The second-order valence-corrected chi connectivity index (χ2v) is 6.65. The molecule has 9 nitrogen and oxygen atoms in total. The Morgan fingerprint density at radius 3 is 2.68 bits per heavy atom. The van der Waals surface area contributed by atoms with Gasteiger partial charge in [0.15, 0.2) is 11.4 Å². The number of hydrogen-bond donors (Lipinski definition) is 0. The lowest BCUT2D eigenvalue weighted by atomic mass is 10.1. The maximum atomic E-state index is 12.0. The van der Waals surface area contributed by atoms with E-state index in [9.17, 15) is 19.7 Å². The first-order chi connectivity index (χ1) is 13.4. The van der Waals surface area contributed by atoms with Crippen LogP contribution >= 0.6 is 11.3 Å². The van der Waals surface area contributed by atoms with E-state index in [4.69, 9.17) is 9.15 Å². The number of furan rings is 1. The maximum absolute atomic E-state index is 12.0. The molecule has 3 rings (SSSR count). The van der Waals surface area contributed by atoms with E-state index in [0.29, 0.717) is 11.3 Å². The lowest BCUT2D eigenvalue weighted by Gasteiger charge is -2.04. The molecule has 0 aliphatic rings. The summed E-state index contributed by atoms with van der Waals surface area (Å²) in [6.07, 6.45) is 1.81. The molecular weight excluding hydrogens is 386 g/mol. The first-order valence-electron chi connectivity index (χ1n) is 8.11. The number of hydrogen-bond acceptors (Lipinski definition) is 7. The van der Waals surface area contributed by atoms with Crippen molar-refractivity contribution in [2.24, 2.45) is 4.99 Å². The summed E-state index contributed by atoms with van der Waals surface area (Å²) in [5.74, 6) is -2.58. The highest BCUT2D eigenvalue weighted by Gasteiger charge is 2.19. The zero-order chi connectivity index (χ0) is 20.1. The molecule has 0 radical (unpaired) electrons. The van der Waals surface area contributed by atoms with Gasteiger partial charge in [-0.3, -0.25) is 14.9 Å². The summed E-state index contributed by atoms with van der Waals surface area (Å²) in [5.41, 5.74) is 2.21. The Balaban J connectivity index is 1.63. The van der Waals surface area contributed by atoms with Crippen LogP contribution in [0.4, 0.5) is 5.88 Å². The first kappa shape index (κ1) is 19.2. The third-order valence-corrected chi connectivity index (χ3v) is 4.45. The molecule has 0 N–H and O–H groups in total. The minimum Gasteiger partial charge on any atom is -0.450 e. The van der Waals surface area contributed by atoms with Gasteiger partial charge in [0.25, 0.3) is 5.91 Å². The van der Waals surface area contributed by atoms with Crippen LogP contribution in [0.25, 0.3) is 0 Å². The average Bonchev–Trinajstić information content (AvgIpc) is 3.32. The van der Waals surface area contributed by atoms with Crippen LogP contribution in [-0.4, -0.2) is 28.0 Å². The van der Waals surface area contributed by atoms with Gasteiger partial charge in [0.05, 0.1) is 6.07 Å². The lowest BCUT2D eigenvalue weighted by Crippen LogP contribution is -2.19. The second kappa shape index (κ2) is 8.44. The van der Waals surface area contributed by atoms with E-state index in [1.54, 1.807) is 5.38 Å². The molecule has 0 aliphatic heterocycles. The number of carbonyl (C=O) groups excluding carboxylic acids is 2. The molecule has 1 amide bonds. The number of aryl methyl sites for hydroxylation is 1. The number of aromatic nitrogens is 1. The monoisotopic (exact) mass is 401 g/mol. The number of benzene rings is 1. The smallest absolute Gasteiger partial charge is 0.433 e. The Morgan fingerprint density at radius 2 is 2.00 bits per heavy atom. The minimum absolute atomic E-state index is 0.356. The highest BCUT2D eigenvalue weighted by Crippen LogP contribution is 2.16. The van der Waals surface area contributed by atoms with Crippen LogP contribution in [0.2, 0.25) is 0 Å². The fourth-order valence-electron chi connectivity index (χ4n) is 2.27. The van der Waals surface area contributed by atoms with Crippen molar-refractivity contribution in [2.75, 3.05) is 6.61 Å². The summed E-state index contributed by atoms with van der Waals surface area (Å²) < 4.78 is 11.3. The van der Waals surface area contributed by atoms with Crippen LogP contribution < -0.4 is 4.80 Å². The van der Waals surface area contributed by atoms with Crippen LogP contribution in [-0.2, 0) is 16.1 Å². The molecule has 28 heavy (non-hydrogen) atoms. The van der Waals surface area contributed by atoms with Gasteiger partial charge in [-0.15, -0.1) is 11.3 Å². The lowest BCUT2D eigenvalue weighted by molar-refractivity contribution is -0.402. The molecule has 0 atom stereocenters. The first-order valence-corrected chi connectivity index (χ1v) is 8.99. The van der Waals surface area contributed by atoms with E-state index >= 15 is 0 Å². The predicted molar refractivity (Wildman–Crippen MR) is 98.8 cm³/mol. The maximum Gasteiger partial charge on any atom is 0.433 e. The van der Waals surface area contributed by atoms with Gasteiger partial charge in [0.2, 0.25) is 5.76 Å². The summed E-state index contributed by atoms with van der Waals surface area (Å²) in [6, 6.07) is 10.1. The highest BCUT2D eigenvalue weighted by molar-refractivity contribution is 7.07. The van der Waals surface area contributed by atoms with E-state index in [0.717, 1.165) is 23.3 Å². The van der Waals surface area contributed by atoms with Crippen LogP contribution in [0.1, 0.15) is 21.7 Å². The molecular formula is C18H15N3O6S. The van der Waals surface area contributed by atoms with Gasteiger partial charge in [0, 0.05) is 18.1 Å². The van der Waals surface area contributed by atoms with Gasteiger partial charge in [0.1, 0.15) is 4.92 Å². The van der Waals surface area contributed by atoms with Crippen molar-refractivity contribution >= 4 is 29.1 Å². The van der Waals surface area contributed by atoms with Crippen molar-refractivity contribution < 1.29 is 23.7 Å². The fraction of sp³-hybridized carbons (Fsp3) is 0.167. The molecule has 10 heteroatoms. The summed E-state index contributed by atoms with van der Waals surface area (Å²) in [4.78, 5) is 38.0. The molecule has 0 saturated heterocycles. The Labute approximate surface area is 162 Å². The van der Waals surface area contributed by atoms with Crippen LogP contribution in [0.5, 0.6) is 0 Å². The van der Waals surface area contributed by atoms with Crippen molar-refractivity contribution in [3.63, 3.8) is 0 Å². The Morgan fingerprint density at radius 1 is 1.25 bits per heavy atom. The number of thiazole rings is 1. The number of esters is 1. The summed E-state index contributed by atoms with van der Waals surface area (Å²) in [7, 11) is 0. The fourth-order valence-corrected chi connectivity index (χ4v) is 3.01. The largest absolute Gasteiger partial charge is 0.450 e. The van der Waals surface area contributed by atoms with Crippen LogP contribution in [0, 0.1) is 17.0 Å². The highest BCUT2D eigenvalue weighted by atomic mass is 32.1. The molecule has 2 aromatic heterocycles. The molecule has 0 saturated carbocycles. The van der Waals surface area contributed by atoms with Gasteiger partial charge in [-0.25, -0.2) is 4.79 Å². The third kappa shape index (κ3) is 4.80. The molecule has 1 aromatic carbocycles.